The Bertz CT molecular complexity index is 305. The van der Waals surface area contributed by atoms with Crippen LogP contribution in [-0.4, -0.2) is 65.8 Å². The van der Waals surface area contributed by atoms with Crippen molar-refractivity contribution in [3.05, 3.63) is 0 Å². The average molecular weight is 247 g/mol. The normalized spacial score (nSPS) is 13.4. The van der Waals surface area contributed by atoms with Gasteiger partial charge in [-0.3, -0.25) is 4.79 Å². The van der Waals surface area contributed by atoms with Crippen LogP contribution in [0.1, 0.15) is 6.92 Å². The Balaban J connectivity index is 4.41. The van der Waals surface area contributed by atoms with Gasteiger partial charge in [-0.05, 0) is 6.92 Å². The molecule has 3 amide bonds. The molecule has 17 heavy (non-hydrogen) atoms. The first kappa shape index (κ1) is 15.2. The molecule has 4 N–H and O–H groups in total. The number of aliphatic carboxylic acids is 1. The van der Waals surface area contributed by atoms with Gasteiger partial charge in [-0.25, -0.2) is 9.59 Å². The number of urea groups is 1. The summed E-state index contributed by atoms with van der Waals surface area (Å²) in [5.74, 6) is -1.73. The number of nitrogens with one attached hydrogen (secondary N) is 2. The lowest BCUT2D eigenvalue weighted by Crippen LogP contribution is -2.52. The maximum atomic E-state index is 11.5. The van der Waals surface area contributed by atoms with Crippen molar-refractivity contribution >= 4 is 17.9 Å². The van der Waals surface area contributed by atoms with Crippen LogP contribution in [0.25, 0.3) is 0 Å². The Labute approximate surface area is 98.6 Å². The fraction of sp³-hybridized carbons (Fsp3) is 0.667. The van der Waals surface area contributed by atoms with Crippen molar-refractivity contribution in [1.82, 2.24) is 15.5 Å². The molecule has 0 aromatic carbocycles. The van der Waals surface area contributed by atoms with Gasteiger partial charge in [0.05, 0.1) is 6.10 Å². The minimum Gasteiger partial charge on any atom is -0.480 e. The summed E-state index contributed by atoms with van der Waals surface area (Å²) in [5, 5.41) is 22.3. The number of carbonyl (C=O) groups is 3. The van der Waals surface area contributed by atoms with Gasteiger partial charge in [-0.2, -0.15) is 0 Å². The molecule has 0 aromatic heterocycles. The fourth-order valence-electron chi connectivity index (χ4n) is 0.998. The molecular weight excluding hydrogens is 230 g/mol. The van der Waals surface area contributed by atoms with Crippen LogP contribution in [0.4, 0.5) is 4.79 Å². The number of aliphatic hydroxyl groups is 1. The molecule has 0 fully saturated rings. The standard InChI is InChI=1S/C9H17N3O5/c1-5(13)7(8(15)16)11-9(17)12(3)4-6(14)10-2/h5,7,13H,4H2,1-3H3,(H,10,14)(H,11,17)(H,15,16). The molecule has 0 saturated carbocycles. The lowest BCUT2D eigenvalue weighted by molar-refractivity contribution is -0.141. The van der Waals surface area contributed by atoms with E-state index in [0.717, 1.165) is 4.90 Å². The molecule has 8 heteroatoms. The Morgan fingerprint density at radius 1 is 1.35 bits per heavy atom. The molecule has 0 spiro atoms. The third-order valence-corrected chi connectivity index (χ3v) is 2.03. The minimum absolute atomic E-state index is 0.200. The minimum atomic E-state index is -1.41. The zero-order valence-corrected chi connectivity index (χ0v) is 9.93. The van der Waals surface area contributed by atoms with E-state index in [-0.39, 0.29) is 12.5 Å². The number of carboxylic acids is 1. The van der Waals surface area contributed by atoms with Gasteiger partial charge in [0.15, 0.2) is 6.04 Å². The van der Waals surface area contributed by atoms with Crippen molar-refractivity contribution in [3.8, 4) is 0 Å². The van der Waals surface area contributed by atoms with Crippen molar-refractivity contribution in [2.24, 2.45) is 0 Å². The summed E-state index contributed by atoms with van der Waals surface area (Å²) in [6, 6.07) is -2.16. The zero-order valence-electron chi connectivity index (χ0n) is 9.93. The largest absolute Gasteiger partial charge is 0.480 e. The van der Waals surface area contributed by atoms with Crippen molar-refractivity contribution in [1.29, 1.82) is 0 Å². The number of rotatable bonds is 5. The second kappa shape index (κ2) is 6.69. The van der Waals surface area contributed by atoms with E-state index in [1.165, 1.54) is 21.0 Å². The predicted molar refractivity (Wildman–Crippen MR) is 58.3 cm³/mol. The van der Waals surface area contributed by atoms with Crippen LogP contribution in [-0.2, 0) is 9.59 Å². The number of aliphatic hydroxyl groups excluding tert-OH is 1. The van der Waals surface area contributed by atoms with Crippen LogP contribution < -0.4 is 10.6 Å². The number of amides is 3. The van der Waals surface area contributed by atoms with Crippen LogP contribution in [0, 0.1) is 0 Å². The molecule has 0 heterocycles. The molecule has 0 bridgehead atoms. The Morgan fingerprint density at radius 2 is 1.88 bits per heavy atom. The first-order valence-corrected chi connectivity index (χ1v) is 4.92. The van der Waals surface area contributed by atoms with E-state index in [1.54, 1.807) is 0 Å². The smallest absolute Gasteiger partial charge is 0.328 e. The molecule has 0 saturated heterocycles. The highest BCUT2D eigenvalue weighted by atomic mass is 16.4. The molecule has 0 aliphatic heterocycles. The molecule has 8 nitrogen and oxygen atoms in total. The lowest BCUT2D eigenvalue weighted by Gasteiger charge is -2.22. The summed E-state index contributed by atoms with van der Waals surface area (Å²) in [4.78, 5) is 34.2. The van der Waals surface area contributed by atoms with Crippen molar-refractivity contribution in [3.63, 3.8) is 0 Å². The third kappa shape index (κ3) is 5.16. The number of hydrogen-bond acceptors (Lipinski definition) is 4. The van der Waals surface area contributed by atoms with E-state index in [1.807, 2.05) is 0 Å². The zero-order chi connectivity index (χ0) is 13.6. The summed E-state index contributed by atoms with van der Waals surface area (Å²) in [7, 11) is 2.76. The van der Waals surface area contributed by atoms with E-state index in [4.69, 9.17) is 10.2 Å². The van der Waals surface area contributed by atoms with Crippen LogP contribution >= 0.6 is 0 Å². The van der Waals surface area contributed by atoms with Gasteiger partial charge >= 0.3 is 12.0 Å². The van der Waals surface area contributed by atoms with Crippen molar-refractivity contribution in [2.45, 2.75) is 19.1 Å². The monoisotopic (exact) mass is 247 g/mol. The Hall–Kier alpha value is -1.83. The van der Waals surface area contributed by atoms with Gasteiger partial charge in [0.2, 0.25) is 5.91 Å². The van der Waals surface area contributed by atoms with Gasteiger partial charge in [-0.15, -0.1) is 0 Å². The van der Waals surface area contributed by atoms with Gasteiger partial charge in [0.1, 0.15) is 6.54 Å². The van der Waals surface area contributed by atoms with Crippen molar-refractivity contribution in [2.75, 3.05) is 20.6 Å². The Kier molecular flexibility index (Phi) is 5.97. The molecule has 98 valence electrons. The summed E-state index contributed by atoms with van der Waals surface area (Å²) < 4.78 is 0. The highest BCUT2D eigenvalue weighted by Gasteiger charge is 2.26. The topological polar surface area (TPSA) is 119 Å². The summed E-state index contributed by atoms with van der Waals surface area (Å²) >= 11 is 0. The molecule has 0 aromatic rings. The molecule has 2 atom stereocenters. The second-order valence-corrected chi connectivity index (χ2v) is 3.54. The number of likely N-dealkylation sites (N-methyl/N-ethyl adjacent to an activating group) is 2. The van der Waals surface area contributed by atoms with Crippen LogP contribution in [0.2, 0.25) is 0 Å². The summed E-state index contributed by atoms with van der Waals surface area (Å²) in [6.45, 7) is 1.05. The third-order valence-electron chi connectivity index (χ3n) is 2.03. The molecule has 2 unspecified atom stereocenters. The van der Waals surface area contributed by atoms with E-state index in [9.17, 15) is 14.4 Å². The fourth-order valence-corrected chi connectivity index (χ4v) is 0.998. The first-order valence-electron chi connectivity index (χ1n) is 4.92. The Morgan fingerprint density at radius 3 is 2.24 bits per heavy atom. The molecule has 0 aliphatic carbocycles. The van der Waals surface area contributed by atoms with E-state index in [0.29, 0.717) is 0 Å². The highest BCUT2D eigenvalue weighted by Crippen LogP contribution is 1.95. The van der Waals surface area contributed by atoms with Gasteiger partial charge in [0, 0.05) is 14.1 Å². The van der Waals surface area contributed by atoms with Gasteiger partial charge < -0.3 is 25.7 Å². The van der Waals surface area contributed by atoms with E-state index < -0.39 is 24.1 Å². The second-order valence-electron chi connectivity index (χ2n) is 3.54. The SMILES string of the molecule is CNC(=O)CN(C)C(=O)NC(C(=O)O)C(C)O. The number of nitrogens with zero attached hydrogens (tertiary/aromatic N) is 1. The quantitative estimate of drug-likeness (QED) is 0.457. The van der Waals surface area contributed by atoms with Gasteiger partial charge in [0.25, 0.3) is 0 Å². The van der Waals surface area contributed by atoms with Gasteiger partial charge in [-0.1, -0.05) is 0 Å². The van der Waals surface area contributed by atoms with E-state index >= 15 is 0 Å². The number of carboxylic acid groups (broad SMARTS) is 1. The van der Waals surface area contributed by atoms with E-state index in [2.05, 4.69) is 10.6 Å². The number of hydrogen-bond donors (Lipinski definition) is 4. The summed E-state index contributed by atoms with van der Waals surface area (Å²) in [6.07, 6.45) is -1.23. The molecule has 0 aliphatic rings. The van der Waals surface area contributed by atoms with Crippen LogP contribution in [0.15, 0.2) is 0 Å². The van der Waals surface area contributed by atoms with Crippen LogP contribution in [0.3, 0.4) is 0 Å². The lowest BCUT2D eigenvalue weighted by atomic mass is 10.2. The van der Waals surface area contributed by atoms with Crippen molar-refractivity contribution < 1.29 is 24.6 Å². The molecule has 0 radical (unpaired) electrons. The maximum absolute atomic E-state index is 11.5. The average Bonchev–Trinajstić information content (AvgIpc) is 2.23. The first-order chi connectivity index (χ1) is 7.79. The molecular formula is C9H17N3O5. The predicted octanol–water partition coefficient (Wildman–Crippen LogP) is -1.79. The number of carbonyl (C=O) groups excluding carboxylic acids is 2. The maximum Gasteiger partial charge on any atom is 0.328 e. The highest BCUT2D eigenvalue weighted by molar-refractivity contribution is 5.86. The van der Waals surface area contributed by atoms with Crippen LogP contribution in [0.5, 0.6) is 0 Å². The summed E-state index contributed by atoms with van der Waals surface area (Å²) in [5.41, 5.74) is 0. The molecule has 0 rings (SSSR count).